The average molecular weight is 368 g/mol. The molecule has 0 saturated heterocycles. The first kappa shape index (κ1) is 18.2. The molecular weight excluding hydrogens is 351 g/mol. The molecule has 8 nitrogen and oxygen atoms in total. The summed E-state index contributed by atoms with van der Waals surface area (Å²) in [7, 11) is 0. The molecule has 0 radical (unpaired) electrons. The number of hydrogen-bond donors (Lipinski definition) is 2. The van der Waals surface area contributed by atoms with Gasteiger partial charge in [-0.05, 0) is 34.2 Å². The minimum absolute atomic E-state index is 0.0441. The number of rotatable bonds is 6. The topological polar surface area (TPSA) is 102 Å². The Morgan fingerprint density at radius 1 is 1.15 bits per heavy atom. The van der Waals surface area contributed by atoms with Crippen LogP contribution in [-0.4, -0.2) is 32.0 Å². The van der Waals surface area contributed by atoms with Gasteiger partial charge in [0, 0.05) is 19.0 Å². The SMILES string of the molecule is CC(=O)Nc1ccc(F)c(NC(=O)C(Cc2ccccc2)n2cnnn2)c1. The lowest BCUT2D eigenvalue weighted by Crippen LogP contribution is -2.28. The molecule has 2 amide bonds. The van der Waals surface area contributed by atoms with Gasteiger partial charge < -0.3 is 10.6 Å². The van der Waals surface area contributed by atoms with Crippen LogP contribution in [0.3, 0.4) is 0 Å². The van der Waals surface area contributed by atoms with E-state index in [4.69, 9.17) is 0 Å². The number of amides is 2. The fourth-order valence-corrected chi connectivity index (χ4v) is 2.57. The van der Waals surface area contributed by atoms with Gasteiger partial charge in [-0.2, -0.15) is 0 Å². The van der Waals surface area contributed by atoms with Gasteiger partial charge in [0.1, 0.15) is 18.2 Å². The maximum Gasteiger partial charge on any atom is 0.249 e. The third-order valence-electron chi connectivity index (χ3n) is 3.80. The molecule has 27 heavy (non-hydrogen) atoms. The number of nitrogens with one attached hydrogen (secondary N) is 2. The van der Waals surface area contributed by atoms with Crippen molar-refractivity contribution in [2.75, 3.05) is 10.6 Å². The molecule has 9 heteroatoms. The van der Waals surface area contributed by atoms with E-state index in [1.807, 2.05) is 30.3 Å². The van der Waals surface area contributed by atoms with Crippen molar-refractivity contribution in [3.8, 4) is 0 Å². The number of aromatic nitrogens is 4. The highest BCUT2D eigenvalue weighted by atomic mass is 19.1. The van der Waals surface area contributed by atoms with E-state index >= 15 is 0 Å². The molecule has 0 fully saturated rings. The van der Waals surface area contributed by atoms with E-state index in [0.717, 1.165) is 5.56 Å². The van der Waals surface area contributed by atoms with Crippen molar-refractivity contribution in [1.29, 1.82) is 0 Å². The van der Waals surface area contributed by atoms with Gasteiger partial charge in [0.25, 0.3) is 0 Å². The molecule has 0 saturated carbocycles. The maximum atomic E-state index is 14.1. The normalized spacial score (nSPS) is 11.6. The maximum absolute atomic E-state index is 14.1. The van der Waals surface area contributed by atoms with Crippen molar-refractivity contribution in [3.63, 3.8) is 0 Å². The predicted molar refractivity (Wildman–Crippen MR) is 96.3 cm³/mol. The summed E-state index contributed by atoms with van der Waals surface area (Å²) in [6, 6.07) is 12.5. The zero-order valence-electron chi connectivity index (χ0n) is 14.5. The summed E-state index contributed by atoms with van der Waals surface area (Å²) >= 11 is 0. The highest BCUT2D eigenvalue weighted by Crippen LogP contribution is 2.22. The molecule has 3 aromatic rings. The third kappa shape index (κ3) is 4.72. The zero-order valence-corrected chi connectivity index (χ0v) is 14.5. The molecule has 1 aromatic heterocycles. The van der Waals surface area contributed by atoms with Gasteiger partial charge in [-0.25, -0.2) is 9.07 Å². The van der Waals surface area contributed by atoms with Gasteiger partial charge in [-0.1, -0.05) is 30.3 Å². The first-order valence-corrected chi connectivity index (χ1v) is 8.17. The van der Waals surface area contributed by atoms with E-state index in [1.165, 1.54) is 36.1 Å². The Kier molecular flexibility index (Phi) is 5.50. The van der Waals surface area contributed by atoms with Gasteiger partial charge in [-0.3, -0.25) is 9.59 Å². The molecule has 2 aromatic carbocycles. The minimum Gasteiger partial charge on any atom is -0.326 e. The van der Waals surface area contributed by atoms with Crippen LogP contribution in [0.15, 0.2) is 54.9 Å². The fourth-order valence-electron chi connectivity index (χ4n) is 2.57. The van der Waals surface area contributed by atoms with E-state index in [9.17, 15) is 14.0 Å². The molecule has 1 unspecified atom stereocenters. The van der Waals surface area contributed by atoms with Crippen molar-refractivity contribution in [1.82, 2.24) is 20.2 Å². The zero-order chi connectivity index (χ0) is 19.2. The van der Waals surface area contributed by atoms with Crippen LogP contribution in [0.2, 0.25) is 0 Å². The second kappa shape index (κ2) is 8.17. The number of carbonyl (C=O) groups is 2. The number of nitrogens with zero attached hydrogens (tertiary/aromatic N) is 4. The number of halogens is 1. The molecule has 1 atom stereocenters. The lowest BCUT2D eigenvalue weighted by atomic mass is 10.1. The van der Waals surface area contributed by atoms with E-state index in [1.54, 1.807) is 0 Å². The van der Waals surface area contributed by atoms with Crippen LogP contribution in [0.25, 0.3) is 0 Å². The first-order chi connectivity index (χ1) is 13.0. The molecular formula is C18H17FN6O2. The van der Waals surface area contributed by atoms with E-state index < -0.39 is 17.8 Å². The van der Waals surface area contributed by atoms with Gasteiger partial charge in [0.2, 0.25) is 11.8 Å². The first-order valence-electron chi connectivity index (χ1n) is 8.17. The Balaban J connectivity index is 1.83. The van der Waals surface area contributed by atoms with Crippen LogP contribution in [0.4, 0.5) is 15.8 Å². The van der Waals surface area contributed by atoms with Crippen molar-refractivity contribution >= 4 is 23.2 Å². The molecule has 3 rings (SSSR count). The number of anilines is 2. The quantitative estimate of drug-likeness (QED) is 0.694. The summed E-state index contributed by atoms with van der Waals surface area (Å²) in [5.74, 6) is -1.40. The number of benzene rings is 2. The second-order valence-electron chi connectivity index (χ2n) is 5.86. The predicted octanol–water partition coefficient (Wildman–Crippen LogP) is 2.19. The van der Waals surface area contributed by atoms with Crippen LogP contribution in [-0.2, 0) is 16.0 Å². The van der Waals surface area contributed by atoms with E-state index in [0.29, 0.717) is 12.1 Å². The summed E-state index contributed by atoms with van der Waals surface area (Å²) in [4.78, 5) is 24.0. The van der Waals surface area contributed by atoms with Crippen LogP contribution < -0.4 is 10.6 Å². The van der Waals surface area contributed by atoms with E-state index in [-0.39, 0.29) is 11.6 Å². The summed E-state index contributed by atoms with van der Waals surface area (Å²) in [5.41, 5.74) is 1.24. The molecule has 0 aliphatic rings. The summed E-state index contributed by atoms with van der Waals surface area (Å²) in [6.07, 6.45) is 1.65. The lowest BCUT2D eigenvalue weighted by molar-refractivity contribution is -0.119. The Morgan fingerprint density at radius 3 is 2.59 bits per heavy atom. The molecule has 0 aliphatic carbocycles. The summed E-state index contributed by atoms with van der Waals surface area (Å²) in [6.45, 7) is 1.34. The van der Waals surface area contributed by atoms with Gasteiger partial charge in [0.05, 0.1) is 5.69 Å². The van der Waals surface area contributed by atoms with Crippen molar-refractivity contribution in [2.24, 2.45) is 0 Å². The van der Waals surface area contributed by atoms with Gasteiger partial charge in [0.15, 0.2) is 0 Å². The molecule has 0 spiro atoms. The third-order valence-corrected chi connectivity index (χ3v) is 3.80. The second-order valence-corrected chi connectivity index (χ2v) is 5.86. The highest BCUT2D eigenvalue weighted by Gasteiger charge is 2.23. The molecule has 138 valence electrons. The van der Waals surface area contributed by atoms with Crippen molar-refractivity contribution in [3.05, 3.63) is 66.2 Å². The Bertz CT molecular complexity index is 930. The Hall–Kier alpha value is -3.62. The van der Waals surface area contributed by atoms with Crippen LogP contribution in [0, 0.1) is 5.82 Å². The average Bonchev–Trinajstić information content (AvgIpc) is 3.17. The molecule has 0 aliphatic heterocycles. The smallest absolute Gasteiger partial charge is 0.249 e. The van der Waals surface area contributed by atoms with Gasteiger partial charge >= 0.3 is 0 Å². The molecule has 0 bridgehead atoms. The summed E-state index contributed by atoms with van der Waals surface area (Å²) in [5, 5.41) is 16.0. The number of tetrazole rings is 1. The monoisotopic (exact) mass is 368 g/mol. The Labute approximate surface area is 154 Å². The standard InChI is InChI=1S/C18H17FN6O2/c1-12(26)21-14-7-8-15(19)16(10-14)22-18(27)17(25-11-20-23-24-25)9-13-5-3-2-4-6-13/h2-8,10-11,17H,9H2,1H3,(H,21,26)(H,22,27). The highest BCUT2D eigenvalue weighted by molar-refractivity contribution is 5.95. The van der Waals surface area contributed by atoms with E-state index in [2.05, 4.69) is 26.2 Å². The number of carbonyl (C=O) groups excluding carboxylic acids is 2. The van der Waals surface area contributed by atoms with Gasteiger partial charge in [-0.15, -0.1) is 5.10 Å². The minimum atomic E-state index is -0.772. The Morgan fingerprint density at radius 2 is 1.93 bits per heavy atom. The van der Waals surface area contributed by atoms with Crippen LogP contribution in [0.5, 0.6) is 0 Å². The largest absolute Gasteiger partial charge is 0.326 e. The lowest BCUT2D eigenvalue weighted by Gasteiger charge is -2.17. The fraction of sp³-hybridized carbons (Fsp3) is 0.167. The molecule has 2 N–H and O–H groups in total. The van der Waals surface area contributed by atoms with Crippen LogP contribution >= 0.6 is 0 Å². The van der Waals surface area contributed by atoms with Crippen molar-refractivity contribution in [2.45, 2.75) is 19.4 Å². The van der Waals surface area contributed by atoms with Crippen molar-refractivity contribution < 1.29 is 14.0 Å². The number of hydrogen-bond acceptors (Lipinski definition) is 5. The molecule has 1 heterocycles. The van der Waals surface area contributed by atoms with Crippen LogP contribution in [0.1, 0.15) is 18.5 Å². The summed E-state index contributed by atoms with van der Waals surface area (Å²) < 4.78 is 15.4.